The maximum atomic E-state index is 2.61. The molecule has 0 aromatic rings. The molecule has 4 aliphatic rings. The molecule has 4 rings (SSSR count). The Morgan fingerprint density at radius 2 is 1.68 bits per heavy atom. The molecule has 0 aromatic carbocycles. The molecule has 8 unspecified atom stereocenters. The van der Waals surface area contributed by atoms with Crippen molar-refractivity contribution in [2.24, 2.45) is 52.8 Å². The highest BCUT2D eigenvalue weighted by Gasteiger charge is 2.62. The first-order valence-corrected chi connectivity index (χ1v) is 9.01. The van der Waals surface area contributed by atoms with Crippen molar-refractivity contribution in [3.63, 3.8) is 0 Å². The average Bonchev–Trinajstić information content (AvgIpc) is 2.50. The van der Waals surface area contributed by atoms with Crippen molar-refractivity contribution in [1.29, 1.82) is 0 Å². The first-order valence-electron chi connectivity index (χ1n) is 9.01. The number of rotatable bonds is 1. The van der Waals surface area contributed by atoms with Crippen LogP contribution in [0.15, 0.2) is 0 Å². The van der Waals surface area contributed by atoms with Crippen LogP contribution in [0.2, 0.25) is 0 Å². The summed E-state index contributed by atoms with van der Waals surface area (Å²) >= 11 is 0. The molecule has 0 nitrogen and oxygen atoms in total. The van der Waals surface area contributed by atoms with Crippen LogP contribution in [0.3, 0.4) is 0 Å². The third kappa shape index (κ3) is 1.64. The summed E-state index contributed by atoms with van der Waals surface area (Å²) in [5.41, 5.74) is 0.624. The van der Waals surface area contributed by atoms with Crippen LogP contribution >= 0.6 is 0 Å². The van der Waals surface area contributed by atoms with Crippen molar-refractivity contribution < 1.29 is 0 Å². The van der Waals surface area contributed by atoms with E-state index in [-0.39, 0.29) is 0 Å². The summed E-state index contributed by atoms with van der Waals surface area (Å²) in [6.45, 7) is 10.2. The van der Waals surface area contributed by atoms with Crippen LogP contribution in [-0.2, 0) is 0 Å². The smallest absolute Gasteiger partial charge is 0.0300 e. The molecule has 0 N–H and O–H groups in total. The standard InChI is InChI=1S/C19H32/c1-5-12-7-14-9-15-13-6-11(2)10-19(3,4)18(15)16(8-13)17(12)14/h11-18H,5-10H2,1-4H3. The van der Waals surface area contributed by atoms with E-state index in [9.17, 15) is 0 Å². The largest absolute Gasteiger partial charge is 0.0651 e. The third-order valence-electron chi connectivity index (χ3n) is 7.87. The van der Waals surface area contributed by atoms with E-state index in [1.54, 1.807) is 25.7 Å². The fourth-order valence-corrected chi connectivity index (χ4v) is 7.71. The molecule has 0 radical (unpaired) electrons. The normalized spacial score (nSPS) is 58.1. The average molecular weight is 260 g/mol. The van der Waals surface area contributed by atoms with Gasteiger partial charge in [-0.2, -0.15) is 0 Å². The Kier molecular flexibility index (Phi) is 2.69. The molecule has 4 bridgehead atoms. The Morgan fingerprint density at radius 3 is 2.42 bits per heavy atom. The molecule has 4 aliphatic carbocycles. The van der Waals surface area contributed by atoms with E-state index in [2.05, 4.69) is 27.7 Å². The van der Waals surface area contributed by atoms with Gasteiger partial charge in [0.2, 0.25) is 0 Å². The minimum absolute atomic E-state index is 0.624. The van der Waals surface area contributed by atoms with Crippen molar-refractivity contribution in [1.82, 2.24) is 0 Å². The Hall–Kier alpha value is 0. The minimum atomic E-state index is 0.624. The summed E-state index contributed by atoms with van der Waals surface area (Å²) in [5.74, 6) is 8.79. The summed E-state index contributed by atoms with van der Waals surface area (Å²) in [7, 11) is 0. The molecule has 0 spiro atoms. The maximum Gasteiger partial charge on any atom is -0.0300 e. The topological polar surface area (TPSA) is 0 Å². The summed E-state index contributed by atoms with van der Waals surface area (Å²) in [6.07, 6.45) is 9.32. The van der Waals surface area contributed by atoms with Crippen LogP contribution < -0.4 is 0 Å². The van der Waals surface area contributed by atoms with Crippen LogP contribution in [0.5, 0.6) is 0 Å². The van der Waals surface area contributed by atoms with E-state index in [0.717, 1.165) is 47.3 Å². The fourth-order valence-electron chi connectivity index (χ4n) is 7.71. The molecular formula is C19H32. The van der Waals surface area contributed by atoms with E-state index in [1.165, 1.54) is 12.8 Å². The zero-order valence-electron chi connectivity index (χ0n) is 13.4. The van der Waals surface area contributed by atoms with Gasteiger partial charge in [-0.3, -0.25) is 0 Å². The summed E-state index contributed by atoms with van der Waals surface area (Å²) in [5, 5.41) is 0. The lowest BCUT2D eigenvalue weighted by molar-refractivity contribution is -0.0852. The van der Waals surface area contributed by atoms with E-state index < -0.39 is 0 Å². The van der Waals surface area contributed by atoms with Gasteiger partial charge in [0.25, 0.3) is 0 Å². The van der Waals surface area contributed by atoms with Gasteiger partial charge < -0.3 is 0 Å². The second kappa shape index (κ2) is 4.01. The zero-order valence-corrected chi connectivity index (χ0v) is 13.4. The molecule has 8 atom stereocenters. The SMILES string of the molecule is CCC1CC2CC3C4CC(C)CC(C)(C)C3C(C4)C12. The van der Waals surface area contributed by atoms with Gasteiger partial charge >= 0.3 is 0 Å². The molecule has 0 saturated heterocycles. The van der Waals surface area contributed by atoms with Crippen molar-refractivity contribution in [3.05, 3.63) is 0 Å². The Bertz CT molecular complexity index is 368. The summed E-state index contributed by atoms with van der Waals surface area (Å²) in [6, 6.07) is 0. The highest BCUT2D eigenvalue weighted by Crippen LogP contribution is 2.69. The Labute approximate surface area is 119 Å². The van der Waals surface area contributed by atoms with Crippen LogP contribution in [0, 0.1) is 52.8 Å². The summed E-state index contributed by atoms with van der Waals surface area (Å²) < 4.78 is 0. The number of fused-ring (bicyclic) bond motifs is 2. The molecule has 4 saturated carbocycles. The molecule has 0 heterocycles. The Balaban J connectivity index is 1.68. The lowest BCUT2D eigenvalue weighted by Crippen LogP contribution is -2.50. The van der Waals surface area contributed by atoms with Crippen molar-refractivity contribution in [2.45, 2.75) is 66.2 Å². The molecule has 4 fully saturated rings. The highest BCUT2D eigenvalue weighted by atomic mass is 14.7. The van der Waals surface area contributed by atoms with Crippen LogP contribution in [0.4, 0.5) is 0 Å². The summed E-state index contributed by atoms with van der Waals surface area (Å²) in [4.78, 5) is 0. The molecule has 0 amide bonds. The Morgan fingerprint density at radius 1 is 0.947 bits per heavy atom. The van der Waals surface area contributed by atoms with Gasteiger partial charge in [-0.25, -0.2) is 0 Å². The van der Waals surface area contributed by atoms with Gasteiger partial charge in [0.15, 0.2) is 0 Å². The van der Waals surface area contributed by atoms with Gasteiger partial charge in [0.05, 0.1) is 0 Å². The molecule has 0 aromatic heterocycles. The van der Waals surface area contributed by atoms with Crippen molar-refractivity contribution in [3.8, 4) is 0 Å². The molecule has 0 heteroatoms. The minimum Gasteiger partial charge on any atom is -0.0651 e. The predicted octanol–water partition coefficient (Wildman–Crippen LogP) is 5.38. The molecule has 19 heavy (non-hydrogen) atoms. The van der Waals surface area contributed by atoms with Gasteiger partial charge in [-0.15, -0.1) is 0 Å². The van der Waals surface area contributed by atoms with Crippen molar-refractivity contribution >= 4 is 0 Å². The van der Waals surface area contributed by atoms with Gasteiger partial charge in [-0.05, 0) is 84.9 Å². The quantitative estimate of drug-likeness (QED) is 0.594. The fraction of sp³-hybridized carbons (Fsp3) is 1.00. The van der Waals surface area contributed by atoms with Gasteiger partial charge in [0.1, 0.15) is 0 Å². The lowest BCUT2D eigenvalue weighted by atomic mass is 9.48. The van der Waals surface area contributed by atoms with E-state index in [4.69, 9.17) is 0 Å². The predicted molar refractivity (Wildman–Crippen MR) is 80.8 cm³/mol. The number of hydrogen-bond acceptors (Lipinski definition) is 0. The lowest BCUT2D eigenvalue weighted by Gasteiger charge is -2.57. The monoisotopic (exact) mass is 260 g/mol. The zero-order chi connectivity index (χ0) is 13.4. The van der Waals surface area contributed by atoms with E-state index >= 15 is 0 Å². The van der Waals surface area contributed by atoms with Gasteiger partial charge in [0, 0.05) is 0 Å². The molecule has 108 valence electrons. The maximum absolute atomic E-state index is 2.61. The first-order chi connectivity index (χ1) is 9.01. The molecular weight excluding hydrogens is 228 g/mol. The van der Waals surface area contributed by atoms with Crippen LogP contribution in [0.25, 0.3) is 0 Å². The molecule has 0 aliphatic heterocycles. The highest BCUT2D eigenvalue weighted by molar-refractivity contribution is 5.11. The second-order valence-corrected chi connectivity index (χ2v) is 9.36. The second-order valence-electron chi connectivity index (χ2n) is 9.36. The van der Waals surface area contributed by atoms with E-state index in [0.29, 0.717) is 5.41 Å². The van der Waals surface area contributed by atoms with Crippen LogP contribution in [0.1, 0.15) is 66.2 Å². The van der Waals surface area contributed by atoms with Gasteiger partial charge in [-0.1, -0.05) is 34.1 Å². The third-order valence-corrected chi connectivity index (χ3v) is 7.87. The van der Waals surface area contributed by atoms with Crippen LogP contribution in [-0.4, -0.2) is 0 Å². The van der Waals surface area contributed by atoms with E-state index in [1.807, 2.05) is 0 Å². The number of hydrogen-bond donors (Lipinski definition) is 0. The van der Waals surface area contributed by atoms with Crippen molar-refractivity contribution in [2.75, 3.05) is 0 Å². The first kappa shape index (κ1) is 12.7.